The van der Waals surface area contributed by atoms with Crippen molar-refractivity contribution < 1.29 is 22.3 Å². The van der Waals surface area contributed by atoms with Crippen LogP contribution in [0.15, 0.2) is 47.4 Å². The van der Waals surface area contributed by atoms with E-state index in [9.17, 15) is 17.6 Å². The summed E-state index contributed by atoms with van der Waals surface area (Å²) in [7, 11) is -2.45. The number of amides is 1. The van der Waals surface area contributed by atoms with E-state index in [0.717, 1.165) is 25.7 Å². The molecule has 0 saturated heterocycles. The molecule has 2 aromatic rings. The Labute approximate surface area is 157 Å². The number of carbonyl (C=O) groups excluding carboxylic acids is 1. The highest BCUT2D eigenvalue weighted by molar-refractivity contribution is 7.89. The van der Waals surface area contributed by atoms with E-state index in [1.165, 1.54) is 49.6 Å². The zero-order valence-corrected chi connectivity index (χ0v) is 15.7. The summed E-state index contributed by atoms with van der Waals surface area (Å²) in [4.78, 5) is 12.4. The third-order valence-electron chi connectivity index (χ3n) is 4.49. The number of halogens is 1. The second kappa shape index (κ2) is 8.06. The predicted molar refractivity (Wildman–Crippen MR) is 99.9 cm³/mol. The molecule has 144 valence electrons. The molecular weight excluding hydrogens is 371 g/mol. The molecule has 0 aliphatic heterocycles. The molecule has 8 heteroatoms. The highest BCUT2D eigenvalue weighted by Gasteiger charge is 2.26. The molecular formula is C19H21FN2O4S. The van der Waals surface area contributed by atoms with Crippen molar-refractivity contribution in [2.75, 3.05) is 12.4 Å². The fraction of sp³-hybridized carbons (Fsp3) is 0.316. The first-order valence-corrected chi connectivity index (χ1v) is 10.1. The number of ether oxygens (including phenoxy) is 1. The summed E-state index contributed by atoms with van der Waals surface area (Å²) in [6.45, 7) is 0. The minimum Gasteiger partial charge on any atom is -0.495 e. The first kappa shape index (κ1) is 19.3. The Kier molecular flexibility index (Phi) is 5.76. The quantitative estimate of drug-likeness (QED) is 0.790. The van der Waals surface area contributed by atoms with Crippen molar-refractivity contribution in [1.82, 2.24) is 4.72 Å². The van der Waals surface area contributed by atoms with Gasteiger partial charge in [0, 0.05) is 17.3 Å². The Morgan fingerprint density at radius 2 is 1.78 bits per heavy atom. The Bertz CT molecular complexity index is 923. The molecule has 0 spiro atoms. The van der Waals surface area contributed by atoms with E-state index in [2.05, 4.69) is 10.0 Å². The summed E-state index contributed by atoms with van der Waals surface area (Å²) in [6, 6.07) is 9.42. The van der Waals surface area contributed by atoms with Crippen LogP contribution >= 0.6 is 0 Å². The highest BCUT2D eigenvalue weighted by Crippen LogP contribution is 2.27. The van der Waals surface area contributed by atoms with Crippen molar-refractivity contribution in [3.05, 3.63) is 53.8 Å². The summed E-state index contributed by atoms with van der Waals surface area (Å²) in [5, 5.41) is 2.61. The first-order chi connectivity index (χ1) is 12.9. The van der Waals surface area contributed by atoms with Crippen LogP contribution in [0, 0.1) is 5.82 Å². The predicted octanol–water partition coefficient (Wildman–Crippen LogP) is 3.31. The average Bonchev–Trinajstić information content (AvgIpc) is 3.15. The number of carbonyl (C=O) groups is 1. The van der Waals surface area contributed by atoms with Crippen LogP contribution in [0.4, 0.5) is 10.1 Å². The van der Waals surface area contributed by atoms with Crippen molar-refractivity contribution in [3.8, 4) is 5.75 Å². The topological polar surface area (TPSA) is 84.5 Å². The number of hydrogen-bond acceptors (Lipinski definition) is 4. The average molecular weight is 392 g/mol. The van der Waals surface area contributed by atoms with Crippen molar-refractivity contribution >= 4 is 21.6 Å². The minimum atomic E-state index is -3.83. The maximum absolute atomic E-state index is 13.0. The normalized spacial score (nSPS) is 14.9. The van der Waals surface area contributed by atoms with Gasteiger partial charge in [-0.05, 0) is 55.3 Å². The van der Waals surface area contributed by atoms with Crippen LogP contribution in [-0.4, -0.2) is 27.5 Å². The van der Waals surface area contributed by atoms with Crippen LogP contribution < -0.4 is 14.8 Å². The molecule has 1 fully saturated rings. The zero-order valence-electron chi connectivity index (χ0n) is 14.9. The maximum Gasteiger partial charge on any atom is 0.255 e. The van der Waals surface area contributed by atoms with Gasteiger partial charge in [-0.15, -0.1) is 0 Å². The Morgan fingerprint density at radius 1 is 1.11 bits per heavy atom. The third kappa shape index (κ3) is 4.64. The molecule has 2 N–H and O–H groups in total. The lowest BCUT2D eigenvalue weighted by Gasteiger charge is -2.15. The van der Waals surface area contributed by atoms with Gasteiger partial charge in [-0.2, -0.15) is 0 Å². The molecule has 1 aliphatic carbocycles. The standard InChI is InChI=1S/C19H21FN2O4S/c1-26-17-11-6-13(19(23)21-15-9-7-14(20)8-10-15)12-18(17)27(24,25)22-16-4-2-3-5-16/h6-12,16,22H,2-5H2,1H3,(H,21,23). The molecule has 1 aliphatic rings. The number of benzene rings is 2. The van der Waals surface area contributed by atoms with Crippen LogP contribution in [0.1, 0.15) is 36.0 Å². The van der Waals surface area contributed by atoms with Gasteiger partial charge in [0.2, 0.25) is 10.0 Å². The van der Waals surface area contributed by atoms with E-state index >= 15 is 0 Å². The Hall–Kier alpha value is -2.45. The van der Waals surface area contributed by atoms with Gasteiger partial charge in [0.1, 0.15) is 16.5 Å². The number of methoxy groups -OCH3 is 1. The van der Waals surface area contributed by atoms with Crippen molar-refractivity contribution in [1.29, 1.82) is 0 Å². The van der Waals surface area contributed by atoms with Gasteiger partial charge >= 0.3 is 0 Å². The number of hydrogen-bond donors (Lipinski definition) is 2. The number of sulfonamides is 1. The molecule has 0 heterocycles. The molecule has 6 nitrogen and oxygen atoms in total. The Balaban J connectivity index is 1.85. The lowest BCUT2D eigenvalue weighted by molar-refractivity contribution is 0.102. The SMILES string of the molecule is COc1ccc(C(=O)Nc2ccc(F)cc2)cc1S(=O)(=O)NC1CCCC1. The molecule has 1 amide bonds. The molecule has 27 heavy (non-hydrogen) atoms. The van der Waals surface area contributed by atoms with Crippen LogP contribution in [0.3, 0.4) is 0 Å². The molecule has 0 unspecified atom stereocenters. The first-order valence-electron chi connectivity index (χ1n) is 8.66. The molecule has 1 saturated carbocycles. The van der Waals surface area contributed by atoms with Gasteiger partial charge in [-0.3, -0.25) is 4.79 Å². The molecule has 0 radical (unpaired) electrons. The second-order valence-electron chi connectivity index (χ2n) is 6.43. The second-order valence-corrected chi connectivity index (χ2v) is 8.11. The van der Waals surface area contributed by atoms with Gasteiger partial charge in [0.05, 0.1) is 7.11 Å². The van der Waals surface area contributed by atoms with Gasteiger partial charge in [0.25, 0.3) is 5.91 Å². The fourth-order valence-corrected chi connectivity index (χ4v) is 4.59. The van der Waals surface area contributed by atoms with Crippen LogP contribution in [-0.2, 0) is 10.0 Å². The van der Waals surface area contributed by atoms with Crippen molar-refractivity contribution in [3.63, 3.8) is 0 Å². The number of anilines is 1. The zero-order chi connectivity index (χ0) is 19.4. The van der Waals surface area contributed by atoms with Gasteiger partial charge in [0.15, 0.2) is 0 Å². The molecule has 0 aromatic heterocycles. The summed E-state index contributed by atoms with van der Waals surface area (Å²) in [6.07, 6.45) is 3.58. The third-order valence-corrected chi connectivity index (χ3v) is 6.04. The minimum absolute atomic E-state index is 0.0799. The summed E-state index contributed by atoms with van der Waals surface area (Å²) in [5.41, 5.74) is 0.567. The largest absolute Gasteiger partial charge is 0.495 e. The van der Waals surface area contributed by atoms with Crippen LogP contribution in [0.5, 0.6) is 5.75 Å². The Morgan fingerprint density at radius 3 is 2.41 bits per heavy atom. The monoisotopic (exact) mass is 392 g/mol. The number of rotatable bonds is 6. The van der Waals surface area contributed by atoms with E-state index in [0.29, 0.717) is 5.69 Å². The van der Waals surface area contributed by atoms with Crippen LogP contribution in [0.25, 0.3) is 0 Å². The highest BCUT2D eigenvalue weighted by atomic mass is 32.2. The molecule has 3 rings (SSSR count). The maximum atomic E-state index is 13.0. The summed E-state index contributed by atoms with van der Waals surface area (Å²) in [5.74, 6) is -0.746. The van der Waals surface area contributed by atoms with E-state index in [1.54, 1.807) is 0 Å². The van der Waals surface area contributed by atoms with Gasteiger partial charge < -0.3 is 10.1 Å². The van der Waals surface area contributed by atoms with E-state index < -0.39 is 21.7 Å². The van der Waals surface area contributed by atoms with Gasteiger partial charge in [-0.1, -0.05) is 12.8 Å². The summed E-state index contributed by atoms with van der Waals surface area (Å²) < 4.78 is 46.4. The molecule has 0 bridgehead atoms. The van der Waals surface area contributed by atoms with E-state index in [-0.39, 0.29) is 22.3 Å². The summed E-state index contributed by atoms with van der Waals surface area (Å²) >= 11 is 0. The van der Waals surface area contributed by atoms with E-state index in [4.69, 9.17) is 4.74 Å². The van der Waals surface area contributed by atoms with Crippen molar-refractivity contribution in [2.45, 2.75) is 36.6 Å². The molecule has 0 atom stereocenters. The fourth-order valence-electron chi connectivity index (χ4n) is 3.09. The van der Waals surface area contributed by atoms with E-state index in [1.807, 2.05) is 0 Å². The lowest BCUT2D eigenvalue weighted by atomic mass is 10.2. The molecule has 2 aromatic carbocycles. The lowest BCUT2D eigenvalue weighted by Crippen LogP contribution is -2.33. The van der Waals surface area contributed by atoms with Crippen LogP contribution in [0.2, 0.25) is 0 Å². The van der Waals surface area contributed by atoms with Crippen molar-refractivity contribution in [2.24, 2.45) is 0 Å². The van der Waals surface area contributed by atoms with Gasteiger partial charge in [-0.25, -0.2) is 17.5 Å². The number of nitrogens with one attached hydrogen (secondary N) is 2. The smallest absolute Gasteiger partial charge is 0.255 e.